The molecule has 2 aromatic heterocycles. The second kappa shape index (κ2) is 7.91. The van der Waals surface area contributed by atoms with Gasteiger partial charge >= 0.3 is 0 Å². The Hall–Kier alpha value is -2.68. The highest BCUT2D eigenvalue weighted by molar-refractivity contribution is 5.74. The Morgan fingerprint density at radius 2 is 1.85 bits per heavy atom. The molecule has 3 nitrogen and oxygen atoms in total. The lowest BCUT2D eigenvalue weighted by Gasteiger charge is -2.25. The van der Waals surface area contributed by atoms with Crippen molar-refractivity contribution in [3.8, 4) is 28.1 Å². The van der Waals surface area contributed by atoms with E-state index < -0.39 is 0 Å². The van der Waals surface area contributed by atoms with E-state index in [2.05, 4.69) is 54.1 Å². The fourth-order valence-corrected chi connectivity index (χ4v) is 3.58. The summed E-state index contributed by atoms with van der Waals surface area (Å²) in [7, 11) is 0. The molecule has 1 aliphatic rings. The largest absolute Gasteiger partial charge is 0.474 e. The van der Waals surface area contributed by atoms with Crippen molar-refractivity contribution in [1.29, 1.82) is 0 Å². The lowest BCUT2D eigenvalue weighted by atomic mass is 9.93. The van der Waals surface area contributed by atoms with Gasteiger partial charge in [0.25, 0.3) is 0 Å². The van der Waals surface area contributed by atoms with Gasteiger partial charge in [0.05, 0.1) is 0 Å². The van der Waals surface area contributed by atoms with Crippen molar-refractivity contribution in [2.45, 2.75) is 52.1 Å². The molecule has 0 bridgehead atoms. The van der Waals surface area contributed by atoms with Gasteiger partial charge in [0.15, 0.2) is 0 Å². The monoisotopic (exact) mass is 358 g/mol. The molecule has 2 heterocycles. The predicted octanol–water partition coefficient (Wildman–Crippen LogP) is 6.00. The molecule has 27 heavy (non-hydrogen) atoms. The molecule has 0 unspecified atom stereocenters. The Balaban J connectivity index is 1.58. The Bertz CT molecular complexity index is 914. The summed E-state index contributed by atoms with van der Waals surface area (Å²) in [5.74, 6) is 0.733. The van der Waals surface area contributed by atoms with Crippen LogP contribution >= 0.6 is 0 Å². The number of pyridine rings is 2. The van der Waals surface area contributed by atoms with Crippen molar-refractivity contribution in [1.82, 2.24) is 9.97 Å². The fourth-order valence-electron chi connectivity index (χ4n) is 3.58. The summed E-state index contributed by atoms with van der Waals surface area (Å²) < 4.78 is 5.86. The first-order valence-electron chi connectivity index (χ1n) is 9.91. The molecule has 1 saturated carbocycles. The minimum absolute atomic E-state index is 0.363. The maximum Gasteiger partial charge on any atom is 0.213 e. The highest BCUT2D eigenvalue weighted by Crippen LogP contribution is 2.31. The van der Waals surface area contributed by atoms with Crippen LogP contribution in [-0.4, -0.2) is 16.1 Å². The van der Waals surface area contributed by atoms with Gasteiger partial charge in [0.2, 0.25) is 5.88 Å². The van der Waals surface area contributed by atoms with Crippen molar-refractivity contribution in [3.05, 3.63) is 66.1 Å². The van der Waals surface area contributed by atoms with Gasteiger partial charge in [-0.05, 0) is 67.0 Å². The summed E-state index contributed by atoms with van der Waals surface area (Å²) in [6, 6.07) is 12.8. The van der Waals surface area contributed by atoms with Gasteiger partial charge in [0.1, 0.15) is 6.10 Å². The van der Waals surface area contributed by atoms with Gasteiger partial charge in [-0.1, -0.05) is 31.5 Å². The molecular formula is C24H26N2O. The van der Waals surface area contributed by atoms with Crippen molar-refractivity contribution in [3.63, 3.8) is 0 Å². The van der Waals surface area contributed by atoms with Crippen LogP contribution in [-0.2, 0) is 6.42 Å². The molecule has 1 aromatic carbocycles. The molecule has 0 aliphatic heterocycles. The standard InChI is InChI=1S/C24H26N2O/c1-3-5-18-12-13-25-16-23(18)22-10-8-19(14-17(22)2)20-9-11-24(26-15-20)27-21-6-4-7-21/h8-16,21H,3-7H2,1-2H3. The van der Waals surface area contributed by atoms with Crippen LogP contribution in [0.2, 0.25) is 0 Å². The minimum Gasteiger partial charge on any atom is -0.474 e. The van der Waals surface area contributed by atoms with Crippen molar-refractivity contribution in [2.24, 2.45) is 0 Å². The lowest BCUT2D eigenvalue weighted by molar-refractivity contribution is 0.114. The average Bonchev–Trinajstić information content (AvgIpc) is 2.66. The van der Waals surface area contributed by atoms with Crippen LogP contribution in [0.4, 0.5) is 0 Å². The van der Waals surface area contributed by atoms with Gasteiger partial charge in [-0.3, -0.25) is 4.98 Å². The highest BCUT2D eigenvalue weighted by atomic mass is 16.5. The van der Waals surface area contributed by atoms with E-state index >= 15 is 0 Å². The van der Waals surface area contributed by atoms with Gasteiger partial charge < -0.3 is 4.74 Å². The number of benzene rings is 1. The van der Waals surface area contributed by atoms with Gasteiger partial charge in [-0.15, -0.1) is 0 Å². The van der Waals surface area contributed by atoms with Crippen LogP contribution in [0.5, 0.6) is 5.88 Å². The summed E-state index contributed by atoms with van der Waals surface area (Å²) in [6.45, 7) is 4.38. The summed E-state index contributed by atoms with van der Waals surface area (Å²) >= 11 is 0. The molecule has 0 N–H and O–H groups in total. The number of ether oxygens (including phenoxy) is 1. The Labute approximate surface area is 161 Å². The molecule has 3 aromatic rings. The molecule has 0 atom stereocenters. The third-order valence-electron chi connectivity index (χ3n) is 5.36. The highest BCUT2D eigenvalue weighted by Gasteiger charge is 2.19. The second-order valence-corrected chi connectivity index (χ2v) is 7.37. The SMILES string of the molecule is CCCc1ccncc1-c1ccc(-c2ccc(OC3CCC3)nc2)cc1C. The number of nitrogens with zero attached hydrogens (tertiary/aromatic N) is 2. The average molecular weight is 358 g/mol. The minimum atomic E-state index is 0.363. The van der Waals surface area contributed by atoms with E-state index in [0.29, 0.717) is 6.10 Å². The number of rotatable bonds is 6. The van der Waals surface area contributed by atoms with E-state index in [-0.39, 0.29) is 0 Å². The molecule has 138 valence electrons. The molecule has 0 amide bonds. The zero-order valence-corrected chi connectivity index (χ0v) is 16.1. The van der Waals surface area contributed by atoms with E-state index in [1.165, 1.54) is 34.2 Å². The van der Waals surface area contributed by atoms with E-state index in [0.717, 1.165) is 37.1 Å². The summed E-state index contributed by atoms with van der Waals surface area (Å²) in [6.07, 6.45) is 11.9. The first-order chi connectivity index (χ1) is 13.2. The molecule has 3 heteroatoms. The number of aryl methyl sites for hydroxylation is 2. The van der Waals surface area contributed by atoms with Crippen molar-refractivity contribution >= 4 is 0 Å². The van der Waals surface area contributed by atoms with Gasteiger partial charge in [-0.25, -0.2) is 4.98 Å². The topological polar surface area (TPSA) is 35.0 Å². The Morgan fingerprint density at radius 3 is 2.52 bits per heavy atom. The zero-order valence-electron chi connectivity index (χ0n) is 16.1. The van der Waals surface area contributed by atoms with Crippen LogP contribution in [0, 0.1) is 6.92 Å². The molecular weight excluding hydrogens is 332 g/mol. The maximum absolute atomic E-state index is 5.86. The van der Waals surface area contributed by atoms with E-state index in [1.54, 1.807) is 0 Å². The molecule has 4 rings (SSSR count). The third-order valence-corrected chi connectivity index (χ3v) is 5.36. The second-order valence-electron chi connectivity index (χ2n) is 7.37. The summed E-state index contributed by atoms with van der Waals surface area (Å²) in [5, 5.41) is 0. The third kappa shape index (κ3) is 3.87. The van der Waals surface area contributed by atoms with E-state index in [4.69, 9.17) is 4.74 Å². The molecule has 0 spiro atoms. The van der Waals surface area contributed by atoms with Crippen LogP contribution in [0.15, 0.2) is 55.0 Å². The van der Waals surface area contributed by atoms with Gasteiger partial charge in [0, 0.05) is 35.8 Å². The zero-order chi connectivity index (χ0) is 18.6. The Kier molecular flexibility index (Phi) is 5.19. The normalized spacial score (nSPS) is 14.0. The van der Waals surface area contributed by atoms with Crippen LogP contribution < -0.4 is 4.74 Å². The number of hydrogen-bond donors (Lipinski definition) is 0. The van der Waals surface area contributed by atoms with Crippen LogP contribution in [0.1, 0.15) is 43.7 Å². The lowest BCUT2D eigenvalue weighted by Crippen LogP contribution is -2.24. The molecule has 1 aliphatic carbocycles. The quantitative estimate of drug-likeness (QED) is 0.542. The summed E-state index contributed by atoms with van der Waals surface area (Å²) in [5.41, 5.74) is 7.42. The first-order valence-corrected chi connectivity index (χ1v) is 9.91. The first kappa shape index (κ1) is 17.7. The van der Waals surface area contributed by atoms with Crippen LogP contribution in [0.3, 0.4) is 0 Å². The molecule has 0 radical (unpaired) electrons. The smallest absolute Gasteiger partial charge is 0.213 e. The summed E-state index contributed by atoms with van der Waals surface area (Å²) in [4.78, 5) is 8.84. The van der Waals surface area contributed by atoms with Gasteiger partial charge in [-0.2, -0.15) is 0 Å². The molecule has 0 saturated heterocycles. The van der Waals surface area contributed by atoms with E-state index in [9.17, 15) is 0 Å². The van der Waals surface area contributed by atoms with Crippen molar-refractivity contribution < 1.29 is 4.74 Å². The predicted molar refractivity (Wildman–Crippen MR) is 110 cm³/mol. The van der Waals surface area contributed by atoms with Crippen LogP contribution in [0.25, 0.3) is 22.3 Å². The molecule has 1 fully saturated rings. The Morgan fingerprint density at radius 1 is 1.00 bits per heavy atom. The number of aromatic nitrogens is 2. The van der Waals surface area contributed by atoms with E-state index in [1.807, 2.05) is 24.7 Å². The maximum atomic E-state index is 5.86. The van der Waals surface area contributed by atoms with Crippen molar-refractivity contribution in [2.75, 3.05) is 0 Å². The number of hydrogen-bond acceptors (Lipinski definition) is 3. The fraction of sp³-hybridized carbons (Fsp3) is 0.333.